The Bertz CT molecular complexity index is 259. The highest BCUT2D eigenvalue weighted by Crippen LogP contribution is 2.11. The van der Waals surface area contributed by atoms with Crippen LogP contribution in [0.15, 0.2) is 10.7 Å². The van der Waals surface area contributed by atoms with Gasteiger partial charge in [0.1, 0.15) is 6.26 Å². The third kappa shape index (κ3) is 1.16. The lowest BCUT2D eigenvalue weighted by atomic mass is 10.1. The third-order valence-electron chi connectivity index (χ3n) is 1.27. The van der Waals surface area contributed by atoms with Crippen LogP contribution in [-0.2, 0) is 0 Å². The molecular weight excluding hydrogens is 128 g/mol. The number of aryl methyl sites for hydroxylation is 1. The Hall–Kier alpha value is -1.30. The van der Waals surface area contributed by atoms with Crippen LogP contribution in [0.3, 0.4) is 0 Å². The van der Waals surface area contributed by atoms with E-state index in [1.54, 1.807) is 13.8 Å². The maximum atomic E-state index is 8.47. The van der Waals surface area contributed by atoms with E-state index in [-0.39, 0.29) is 5.92 Å². The lowest BCUT2D eigenvalue weighted by molar-refractivity contribution is 0.520. The van der Waals surface area contributed by atoms with Crippen molar-refractivity contribution in [3.63, 3.8) is 0 Å². The zero-order valence-corrected chi connectivity index (χ0v) is 5.96. The molecule has 0 spiro atoms. The smallest absolute Gasteiger partial charge is 0.191 e. The average Bonchev–Trinajstić information content (AvgIpc) is 2.34. The molecule has 1 aromatic rings. The molecular formula is C7H8N2O. The SMILES string of the molecule is Cc1nc(C(C)C#N)co1. The zero-order chi connectivity index (χ0) is 7.56. The lowest BCUT2D eigenvalue weighted by Gasteiger charge is -1.90. The molecule has 1 atom stereocenters. The van der Waals surface area contributed by atoms with Crippen molar-refractivity contribution in [1.82, 2.24) is 4.98 Å². The van der Waals surface area contributed by atoms with Crippen LogP contribution < -0.4 is 0 Å². The number of nitriles is 1. The molecule has 0 N–H and O–H groups in total. The minimum absolute atomic E-state index is 0.169. The van der Waals surface area contributed by atoms with Gasteiger partial charge in [-0.2, -0.15) is 5.26 Å². The van der Waals surface area contributed by atoms with Gasteiger partial charge in [0, 0.05) is 6.92 Å². The Morgan fingerprint density at radius 2 is 2.50 bits per heavy atom. The first-order valence-corrected chi connectivity index (χ1v) is 3.05. The summed E-state index contributed by atoms with van der Waals surface area (Å²) < 4.78 is 4.93. The largest absolute Gasteiger partial charge is 0.449 e. The Morgan fingerprint density at radius 1 is 1.80 bits per heavy atom. The first-order valence-electron chi connectivity index (χ1n) is 3.05. The van der Waals surface area contributed by atoms with Crippen LogP contribution in [0.2, 0.25) is 0 Å². The van der Waals surface area contributed by atoms with Crippen LogP contribution in [0.5, 0.6) is 0 Å². The van der Waals surface area contributed by atoms with E-state index in [0.717, 1.165) is 0 Å². The second-order valence-electron chi connectivity index (χ2n) is 2.14. The highest BCUT2D eigenvalue weighted by atomic mass is 16.3. The summed E-state index contributed by atoms with van der Waals surface area (Å²) in [6, 6.07) is 2.07. The van der Waals surface area contributed by atoms with E-state index in [4.69, 9.17) is 9.68 Å². The predicted octanol–water partition coefficient (Wildman–Crippen LogP) is 1.61. The van der Waals surface area contributed by atoms with Crippen molar-refractivity contribution in [1.29, 1.82) is 5.26 Å². The summed E-state index contributed by atoms with van der Waals surface area (Å²) in [7, 11) is 0. The number of rotatable bonds is 1. The molecule has 0 fully saturated rings. The Kier molecular flexibility index (Phi) is 1.72. The van der Waals surface area contributed by atoms with E-state index in [9.17, 15) is 0 Å². The zero-order valence-electron chi connectivity index (χ0n) is 5.96. The van der Waals surface area contributed by atoms with Crippen LogP contribution in [-0.4, -0.2) is 4.98 Å². The van der Waals surface area contributed by atoms with Crippen molar-refractivity contribution in [3.05, 3.63) is 17.8 Å². The van der Waals surface area contributed by atoms with Gasteiger partial charge in [0.05, 0.1) is 17.7 Å². The van der Waals surface area contributed by atoms with Gasteiger partial charge in [-0.05, 0) is 6.92 Å². The number of hydrogen-bond donors (Lipinski definition) is 0. The summed E-state index contributed by atoms with van der Waals surface area (Å²) in [6.45, 7) is 3.55. The van der Waals surface area contributed by atoms with E-state index in [1.807, 2.05) is 0 Å². The van der Waals surface area contributed by atoms with Crippen molar-refractivity contribution in [2.24, 2.45) is 0 Å². The maximum Gasteiger partial charge on any atom is 0.191 e. The molecule has 0 radical (unpaired) electrons. The standard InChI is InChI=1S/C7H8N2O/c1-5(3-8)7-4-10-6(2)9-7/h4-5H,1-2H3. The van der Waals surface area contributed by atoms with Crippen LogP contribution in [0.1, 0.15) is 24.4 Å². The summed E-state index contributed by atoms with van der Waals surface area (Å²) in [5.74, 6) is 0.439. The van der Waals surface area contributed by atoms with Gasteiger partial charge in [-0.15, -0.1) is 0 Å². The van der Waals surface area contributed by atoms with Gasteiger partial charge in [0.25, 0.3) is 0 Å². The molecule has 1 rings (SSSR count). The molecule has 3 nitrogen and oxygen atoms in total. The average molecular weight is 136 g/mol. The van der Waals surface area contributed by atoms with E-state index in [1.165, 1.54) is 6.26 Å². The number of oxazole rings is 1. The van der Waals surface area contributed by atoms with Gasteiger partial charge in [0.15, 0.2) is 5.89 Å². The predicted molar refractivity (Wildman–Crippen MR) is 35.3 cm³/mol. The van der Waals surface area contributed by atoms with Gasteiger partial charge in [-0.1, -0.05) is 0 Å². The summed E-state index contributed by atoms with van der Waals surface area (Å²) in [4.78, 5) is 3.99. The van der Waals surface area contributed by atoms with Crippen molar-refractivity contribution in [2.75, 3.05) is 0 Å². The minimum Gasteiger partial charge on any atom is -0.449 e. The van der Waals surface area contributed by atoms with Crippen LogP contribution >= 0.6 is 0 Å². The number of nitrogens with zero attached hydrogens (tertiary/aromatic N) is 2. The highest BCUT2D eigenvalue weighted by molar-refractivity contribution is 5.10. The molecule has 1 unspecified atom stereocenters. The van der Waals surface area contributed by atoms with Gasteiger partial charge < -0.3 is 4.42 Å². The van der Waals surface area contributed by atoms with E-state index in [0.29, 0.717) is 11.6 Å². The van der Waals surface area contributed by atoms with Crippen molar-refractivity contribution in [2.45, 2.75) is 19.8 Å². The third-order valence-corrected chi connectivity index (χ3v) is 1.27. The molecule has 0 aliphatic carbocycles. The Labute approximate surface area is 59.3 Å². The highest BCUT2D eigenvalue weighted by Gasteiger charge is 2.07. The molecule has 0 amide bonds. The van der Waals surface area contributed by atoms with Crippen LogP contribution in [0.4, 0.5) is 0 Å². The summed E-state index contributed by atoms with van der Waals surface area (Å²) in [5.41, 5.74) is 0.708. The lowest BCUT2D eigenvalue weighted by Crippen LogP contribution is -1.88. The number of hydrogen-bond acceptors (Lipinski definition) is 3. The summed E-state index contributed by atoms with van der Waals surface area (Å²) >= 11 is 0. The number of aromatic nitrogens is 1. The van der Waals surface area contributed by atoms with Crippen molar-refractivity contribution >= 4 is 0 Å². The van der Waals surface area contributed by atoms with Gasteiger partial charge in [-0.3, -0.25) is 0 Å². The quantitative estimate of drug-likeness (QED) is 0.589. The van der Waals surface area contributed by atoms with Crippen molar-refractivity contribution in [3.8, 4) is 6.07 Å². The topological polar surface area (TPSA) is 49.8 Å². The fraction of sp³-hybridized carbons (Fsp3) is 0.429. The fourth-order valence-electron chi connectivity index (χ4n) is 0.645. The normalized spacial score (nSPS) is 12.5. The molecule has 0 aromatic carbocycles. The Balaban J connectivity index is 2.87. The first kappa shape index (κ1) is 6.81. The summed E-state index contributed by atoms with van der Waals surface area (Å²) in [6.07, 6.45) is 1.52. The molecule has 0 saturated carbocycles. The molecule has 1 aromatic heterocycles. The molecule has 1 heterocycles. The van der Waals surface area contributed by atoms with Crippen molar-refractivity contribution < 1.29 is 4.42 Å². The first-order chi connectivity index (χ1) is 4.74. The van der Waals surface area contributed by atoms with E-state index in [2.05, 4.69) is 11.1 Å². The Morgan fingerprint density at radius 3 is 2.90 bits per heavy atom. The van der Waals surface area contributed by atoms with Gasteiger partial charge >= 0.3 is 0 Å². The molecule has 3 heteroatoms. The fourth-order valence-corrected chi connectivity index (χ4v) is 0.645. The molecule has 10 heavy (non-hydrogen) atoms. The van der Waals surface area contributed by atoms with E-state index >= 15 is 0 Å². The van der Waals surface area contributed by atoms with Gasteiger partial charge in [-0.25, -0.2) is 4.98 Å². The second kappa shape index (κ2) is 2.53. The van der Waals surface area contributed by atoms with Crippen LogP contribution in [0.25, 0.3) is 0 Å². The monoisotopic (exact) mass is 136 g/mol. The second-order valence-corrected chi connectivity index (χ2v) is 2.14. The molecule has 0 aliphatic heterocycles. The van der Waals surface area contributed by atoms with E-state index < -0.39 is 0 Å². The van der Waals surface area contributed by atoms with Crippen LogP contribution in [0, 0.1) is 18.3 Å². The maximum absolute atomic E-state index is 8.47. The molecule has 52 valence electrons. The molecule has 0 bridgehead atoms. The molecule has 0 saturated heterocycles. The molecule has 0 aliphatic rings. The minimum atomic E-state index is -0.169. The summed E-state index contributed by atoms with van der Waals surface area (Å²) in [5, 5.41) is 8.47. The van der Waals surface area contributed by atoms with Gasteiger partial charge in [0.2, 0.25) is 0 Å².